The van der Waals surface area contributed by atoms with Crippen LogP contribution in [0.15, 0.2) is 0 Å². The van der Waals surface area contributed by atoms with Crippen molar-refractivity contribution in [2.75, 3.05) is 12.3 Å². The van der Waals surface area contributed by atoms with Gasteiger partial charge in [-0.25, -0.2) is 0 Å². The van der Waals surface area contributed by atoms with Crippen LogP contribution in [0.2, 0.25) is 0 Å². The molecule has 0 radical (unpaired) electrons. The predicted molar refractivity (Wildman–Crippen MR) is 73.3 cm³/mol. The van der Waals surface area contributed by atoms with Gasteiger partial charge in [0.25, 0.3) is 0 Å². The van der Waals surface area contributed by atoms with Gasteiger partial charge in [0.15, 0.2) is 0 Å². The fourth-order valence-electron chi connectivity index (χ4n) is 1.37. The van der Waals surface area contributed by atoms with E-state index < -0.39 is 43.0 Å². The minimum Gasteiger partial charge on any atom is -0.480 e. The molecule has 4 unspecified atom stereocenters. The Hall–Kier alpha value is -0.910. The maximum atomic E-state index is 10.5. The largest absolute Gasteiger partial charge is 0.480 e. The average Bonchev–Trinajstić information content (AvgIpc) is 2.38. The van der Waals surface area contributed by atoms with Gasteiger partial charge in [0.2, 0.25) is 0 Å². The van der Waals surface area contributed by atoms with E-state index in [-0.39, 0.29) is 18.6 Å². The Balaban J connectivity index is 4.13. The van der Waals surface area contributed by atoms with E-state index >= 15 is 0 Å². The quantitative estimate of drug-likeness (QED) is 0.150. The third-order valence-electron chi connectivity index (χ3n) is 2.52. The van der Waals surface area contributed by atoms with Gasteiger partial charge in [-0.05, 0) is 12.8 Å². The highest BCUT2D eigenvalue weighted by molar-refractivity contribution is 7.80. The van der Waals surface area contributed by atoms with Gasteiger partial charge in [-0.15, -0.1) is 0 Å². The monoisotopic (exact) mass is 311 g/mol. The van der Waals surface area contributed by atoms with Gasteiger partial charge in [0.05, 0.1) is 12.6 Å². The van der Waals surface area contributed by atoms with Crippen molar-refractivity contribution in [2.24, 2.45) is 5.73 Å². The molecule has 20 heavy (non-hydrogen) atoms. The normalized spacial score (nSPS) is 17.2. The van der Waals surface area contributed by atoms with E-state index in [0.717, 1.165) is 0 Å². The molecule has 4 atom stereocenters. The van der Waals surface area contributed by atoms with Crippen LogP contribution in [-0.4, -0.2) is 69.2 Å². The molecule has 0 saturated heterocycles. The number of aliphatic hydroxyl groups excluding tert-OH is 2. The summed E-state index contributed by atoms with van der Waals surface area (Å²) in [7, 11) is 0. The van der Waals surface area contributed by atoms with E-state index in [1.807, 2.05) is 0 Å². The van der Waals surface area contributed by atoms with Crippen molar-refractivity contribution in [2.45, 2.75) is 37.4 Å². The lowest BCUT2D eigenvalue weighted by Gasteiger charge is -2.26. The zero-order chi connectivity index (χ0) is 15.7. The molecule has 0 heterocycles. The van der Waals surface area contributed by atoms with Crippen molar-refractivity contribution in [3.8, 4) is 0 Å². The van der Waals surface area contributed by atoms with Crippen molar-refractivity contribution in [1.82, 2.24) is 10.6 Å². The Kier molecular flexibility index (Phi) is 9.46. The maximum Gasteiger partial charge on any atom is 0.320 e. The summed E-state index contributed by atoms with van der Waals surface area (Å²) in [6.07, 6.45) is -2.17. The highest BCUT2D eigenvalue weighted by atomic mass is 32.1. The lowest BCUT2D eigenvalue weighted by Crippen LogP contribution is -2.53. The summed E-state index contributed by atoms with van der Waals surface area (Å²) in [6.45, 7) is -0.437. The summed E-state index contributed by atoms with van der Waals surface area (Å²) < 4.78 is 0. The molecule has 0 aromatic rings. The first-order valence-corrected chi connectivity index (χ1v) is 6.57. The second-order valence-corrected chi connectivity index (χ2v) is 4.58. The molecule has 0 saturated carbocycles. The first kappa shape index (κ1) is 19.1. The van der Waals surface area contributed by atoms with E-state index in [1.165, 1.54) is 0 Å². The molecule has 10 heteroatoms. The number of hydrogen-bond donors (Lipinski definition) is 8. The number of aliphatic hydroxyl groups is 2. The van der Waals surface area contributed by atoms with Crippen LogP contribution < -0.4 is 16.4 Å². The number of aliphatic carboxylic acids is 2. The summed E-state index contributed by atoms with van der Waals surface area (Å²) in [5, 5.41) is 41.3. The van der Waals surface area contributed by atoms with Crippen molar-refractivity contribution in [1.29, 1.82) is 0 Å². The van der Waals surface area contributed by atoms with Crippen LogP contribution in [0.3, 0.4) is 0 Å². The summed E-state index contributed by atoms with van der Waals surface area (Å²) in [4.78, 5) is 20.8. The molecule has 0 amide bonds. The maximum absolute atomic E-state index is 10.5. The van der Waals surface area contributed by atoms with Gasteiger partial charge in [0.1, 0.15) is 18.5 Å². The molecular weight excluding hydrogens is 290 g/mol. The van der Waals surface area contributed by atoms with Crippen molar-refractivity contribution >= 4 is 24.6 Å². The number of carboxylic acid groups (broad SMARTS) is 2. The van der Waals surface area contributed by atoms with E-state index in [9.17, 15) is 19.8 Å². The first-order chi connectivity index (χ1) is 9.27. The van der Waals surface area contributed by atoms with E-state index in [1.54, 1.807) is 0 Å². The van der Waals surface area contributed by atoms with Crippen LogP contribution in [0.4, 0.5) is 0 Å². The van der Waals surface area contributed by atoms with Crippen LogP contribution in [0.5, 0.6) is 0 Å². The van der Waals surface area contributed by atoms with Gasteiger partial charge >= 0.3 is 11.9 Å². The molecule has 0 aromatic heterocycles. The summed E-state index contributed by atoms with van der Waals surface area (Å²) >= 11 is 3.98. The lowest BCUT2D eigenvalue weighted by molar-refractivity contribution is -0.139. The molecule has 9 nitrogen and oxygen atoms in total. The second-order valence-electron chi connectivity index (χ2n) is 4.21. The minimum atomic E-state index is -1.22. The smallest absolute Gasteiger partial charge is 0.320 e. The van der Waals surface area contributed by atoms with E-state index in [0.29, 0.717) is 0 Å². The molecule has 0 aromatic carbocycles. The fourth-order valence-corrected chi connectivity index (χ4v) is 1.67. The summed E-state index contributed by atoms with van der Waals surface area (Å²) in [5.41, 5.74) is 5.29. The van der Waals surface area contributed by atoms with Crippen LogP contribution in [0.25, 0.3) is 0 Å². The minimum absolute atomic E-state index is 0.0570. The van der Waals surface area contributed by atoms with Gasteiger partial charge in [0, 0.05) is 5.75 Å². The number of carboxylic acids is 2. The number of thiol groups is 1. The Morgan fingerprint density at radius 3 is 2.25 bits per heavy atom. The standard InChI is InChI=1S/C10H21N3O6S/c11-5(10(18)19)1-2-7(14)13-6(4-20)9(17)12-3-8(15)16/h5-7,9,12-14,17,20H,1-4,11H2,(H,15,16)(H,18,19). The lowest BCUT2D eigenvalue weighted by atomic mass is 10.1. The number of nitrogens with two attached hydrogens (primary N) is 1. The van der Waals surface area contributed by atoms with Crippen molar-refractivity contribution < 1.29 is 30.0 Å². The second kappa shape index (κ2) is 9.91. The van der Waals surface area contributed by atoms with Gasteiger partial charge in [-0.1, -0.05) is 0 Å². The predicted octanol–water partition coefficient (Wildman–Crippen LogP) is -2.62. The highest BCUT2D eigenvalue weighted by Crippen LogP contribution is 2.02. The molecule has 0 aliphatic rings. The van der Waals surface area contributed by atoms with Gasteiger partial charge in [-0.3, -0.25) is 20.2 Å². The molecular formula is C10H21N3O6S. The van der Waals surface area contributed by atoms with Gasteiger partial charge in [-0.2, -0.15) is 12.6 Å². The average molecular weight is 311 g/mol. The van der Waals surface area contributed by atoms with Crippen LogP contribution in [-0.2, 0) is 9.59 Å². The van der Waals surface area contributed by atoms with Crippen molar-refractivity contribution in [3.63, 3.8) is 0 Å². The highest BCUT2D eigenvalue weighted by Gasteiger charge is 2.21. The number of carbonyl (C=O) groups is 2. The fraction of sp³-hybridized carbons (Fsp3) is 0.800. The molecule has 8 N–H and O–H groups in total. The summed E-state index contributed by atoms with van der Waals surface area (Å²) in [6, 6.07) is -1.77. The van der Waals surface area contributed by atoms with Crippen LogP contribution in [0.1, 0.15) is 12.8 Å². The molecule has 0 fully saturated rings. The molecule has 0 spiro atoms. The Bertz CT molecular complexity index is 319. The SMILES string of the molecule is NC(CCC(O)NC(CS)C(O)NCC(=O)O)C(=O)O. The number of hydrogen-bond acceptors (Lipinski definition) is 8. The number of nitrogens with one attached hydrogen (secondary N) is 2. The Morgan fingerprint density at radius 2 is 1.80 bits per heavy atom. The number of rotatable bonds is 11. The first-order valence-electron chi connectivity index (χ1n) is 5.94. The third-order valence-corrected chi connectivity index (χ3v) is 2.91. The van der Waals surface area contributed by atoms with E-state index in [4.69, 9.17) is 15.9 Å². The topological polar surface area (TPSA) is 165 Å². The van der Waals surface area contributed by atoms with Crippen molar-refractivity contribution in [3.05, 3.63) is 0 Å². The Morgan fingerprint density at radius 1 is 1.20 bits per heavy atom. The molecule has 0 bridgehead atoms. The summed E-state index contributed by atoms with van der Waals surface area (Å²) in [5.74, 6) is -2.16. The zero-order valence-electron chi connectivity index (χ0n) is 10.8. The molecule has 0 aliphatic heterocycles. The van der Waals surface area contributed by atoms with E-state index in [2.05, 4.69) is 23.3 Å². The van der Waals surface area contributed by atoms with Crippen LogP contribution >= 0.6 is 12.6 Å². The van der Waals surface area contributed by atoms with Gasteiger partial charge < -0.3 is 26.2 Å². The Labute approximate surface area is 121 Å². The molecule has 0 aliphatic carbocycles. The van der Waals surface area contributed by atoms with Crippen LogP contribution in [0, 0.1) is 0 Å². The third kappa shape index (κ3) is 8.30. The zero-order valence-corrected chi connectivity index (χ0v) is 11.7. The molecule has 0 rings (SSSR count). The molecule has 118 valence electrons.